The zero-order valence-corrected chi connectivity index (χ0v) is 10.1. The Morgan fingerprint density at radius 1 is 1.65 bits per heavy atom. The van der Waals surface area contributed by atoms with E-state index in [1.165, 1.54) is 12.6 Å². The minimum atomic E-state index is -0.897. The van der Waals surface area contributed by atoms with E-state index in [2.05, 4.69) is 16.8 Å². The van der Waals surface area contributed by atoms with Crippen LogP contribution in [0.25, 0.3) is 0 Å². The molecule has 0 saturated carbocycles. The topological polar surface area (TPSA) is 53.4 Å². The lowest BCUT2D eigenvalue weighted by Crippen LogP contribution is -2.36. The maximum atomic E-state index is 11.1. The van der Waals surface area contributed by atoms with Crippen molar-refractivity contribution in [3.63, 3.8) is 0 Å². The summed E-state index contributed by atoms with van der Waals surface area (Å²) >= 11 is 0. The van der Waals surface area contributed by atoms with Crippen molar-refractivity contribution >= 4 is 11.7 Å². The van der Waals surface area contributed by atoms with Crippen molar-refractivity contribution in [3.05, 3.63) is 24.0 Å². The molecule has 1 unspecified atom stereocenters. The first-order valence-corrected chi connectivity index (χ1v) is 6.14. The molecule has 1 N–H and O–H groups in total. The Morgan fingerprint density at radius 2 is 2.47 bits per heavy atom. The summed E-state index contributed by atoms with van der Waals surface area (Å²) in [6, 6.07) is 1.81. The molecule has 17 heavy (non-hydrogen) atoms. The van der Waals surface area contributed by atoms with Crippen LogP contribution in [0.3, 0.4) is 0 Å². The van der Waals surface area contributed by atoms with E-state index in [0.717, 1.165) is 31.6 Å². The van der Waals surface area contributed by atoms with Gasteiger partial charge in [-0.25, -0.2) is 4.79 Å². The van der Waals surface area contributed by atoms with E-state index < -0.39 is 5.97 Å². The number of hydrogen-bond acceptors (Lipinski definition) is 3. The van der Waals surface area contributed by atoms with Crippen LogP contribution in [-0.2, 0) is 0 Å². The first-order valence-electron chi connectivity index (χ1n) is 6.14. The number of aromatic carboxylic acids is 1. The molecule has 1 fully saturated rings. The van der Waals surface area contributed by atoms with Crippen molar-refractivity contribution in [1.29, 1.82) is 0 Å². The number of piperidine rings is 1. The lowest BCUT2D eigenvalue weighted by atomic mass is 9.95. The van der Waals surface area contributed by atoms with E-state index in [-0.39, 0.29) is 0 Å². The Labute approximate surface area is 101 Å². The van der Waals surface area contributed by atoms with Crippen LogP contribution in [0, 0.1) is 5.92 Å². The van der Waals surface area contributed by atoms with Gasteiger partial charge >= 0.3 is 5.97 Å². The molecule has 0 radical (unpaired) electrons. The molecule has 0 spiro atoms. The number of pyridine rings is 1. The Morgan fingerprint density at radius 3 is 3.18 bits per heavy atom. The molecule has 1 aromatic heterocycles. The van der Waals surface area contributed by atoms with Gasteiger partial charge in [0.15, 0.2) is 0 Å². The first-order chi connectivity index (χ1) is 8.22. The summed E-state index contributed by atoms with van der Waals surface area (Å²) in [5.41, 5.74) is 1.12. The second-order valence-corrected chi connectivity index (χ2v) is 4.56. The molecular formula is C13H18N2O2. The van der Waals surface area contributed by atoms with Crippen LogP contribution in [0.5, 0.6) is 0 Å². The molecular weight excluding hydrogens is 216 g/mol. The fourth-order valence-corrected chi connectivity index (χ4v) is 2.44. The van der Waals surface area contributed by atoms with Gasteiger partial charge in [-0.1, -0.05) is 13.3 Å². The van der Waals surface area contributed by atoms with Crippen molar-refractivity contribution in [2.45, 2.75) is 26.2 Å². The summed E-state index contributed by atoms with van der Waals surface area (Å²) in [7, 11) is 0. The molecule has 1 aliphatic heterocycles. The number of anilines is 1. The Balaban J connectivity index is 2.24. The van der Waals surface area contributed by atoms with Gasteiger partial charge in [-0.05, 0) is 24.8 Å². The lowest BCUT2D eigenvalue weighted by molar-refractivity contribution is 0.0697. The van der Waals surface area contributed by atoms with Crippen molar-refractivity contribution in [3.8, 4) is 0 Å². The summed E-state index contributed by atoms with van der Waals surface area (Å²) in [4.78, 5) is 17.2. The number of aromatic nitrogens is 1. The quantitative estimate of drug-likeness (QED) is 0.872. The summed E-state index contributed by atoms with van der Waals surface area (Å²) < 4.78 is 0. The SMILES string of the molecule is CCC1CCCN(c2ccncc2C(=O)O)C1. The van der Waals surface area contributed by atoms with Crippen molar-refractivity contribution < 1.29 is 9.90 Å². The largest absolute Gasteiger partial charge is 0.478 e. The van der Waals surface area contributed by atoms with Crippen LogP contribution in [0.15, 0.2) is 18.5 Å². The highest BCUT2D eigenvalue weighted by atomic mass is 16.4. The molecule has 0 bridgehead atoms. The van der Waals surface area contributed by atoms with Crippen LogP contribution in [-0.4, -0.2) is 29.1 Å². The fraction of sp³-hybridized carbons (Fsp3) is 0.538. The minimum Gasteiger partial charge on any atom is -0.478 e. The van der Waals surface area contributed by atoms with E-state index >= 15 is 0 Å². The molecule has 0 aliphatic carbocycles. The highest BCUT2D eigenvalue weighted by Gasteiger charge is 2.22. The van der Waals surface area contributed by atoms with Crippen molar-refractivity contribution in [1.82, 2.24) is 4.98 Å². The maximum absolute atomic E-state index is 11.1. The Kier molecular flexibility index (Phi) is 3.61. The Hall–Kier alpha value is -1.58. The van der Waals surface area contributed by atoms with Gasteiger partial charge in [0.25, 0.3) is 0 Å². The maximum Gasteiger partial charge on any atom is 0.339 e. The van der Waals surface area contributed by atoms with Gasteiger partial charge in [0.05, 0.1) is 5.69 Å². The molecule has 92 valence electrons. The average molecular weight is 234 g/mol. The minimum absolute atomic E-state index is 0.309. The van der Waals surface area contributed by atoms with Gasteiger partial charge in [0.2, 0.25) is 0 Å². The number of carboxylic acid groups (broad SMARTS) is 1. The predicted molar refractivity (Wildman–Crippen MR) is 66.4 cm³/mol. The highest BCUT2D eigenvalue weighted by Crippen LogP contribution is 2.27. The van der Waals surface area contributed by atoms with Gasteiger partial charge < -0.3 is 10.0 Å². The van der Waals surface area contributed by atoms with Crippen LogP contribution < -0.4 is 4.90 Å². The predicted octanol–water partition coefficient (Wildman–Crippen LogP) is 2.41. The third kappa shape index (κ3) is 2.57. The first kappa shape index (κ1) is 11.9. The molecule has 1 saturated heterocycles. The van der Waals surface area contributed by atoms with Gasteiger partial charge in [0, 0.05) is 25.5 Å². The van der Waals surface area contributed by atoms with E-state index in [1.54, 1.807) is 6.20 Å². The molecule has 0 aromatic carbocycles. The molecule has 4 nitrogen and oxygen atoms in total. The zero-order valence-electron chi connectivity index (χ0n) is 10.1. The fourth-order valence-electron chi connectivity index (χ4n) is 2.44. The second kappa shape index (κ2) is 5.17. The summed E-state index contributed by atoms with van der Waals surface area (Å²) in [5, 5.41) is 9.15. The lowest BCUT2D eigenvalue weighted by Gasteiger charge is -2.34. The summed E-state index contributed by atoms with van der Waals surface area (Å²) in [5.74, 6) is -0.217. The van der Waals surface area contributed by atoms with E-state index in [1.807, 2.05) is 6.07 Å². The van der Waals surface area contributed by atoms with Gasteiger partial charge in [-0.3, -0.25) is 4.98 Å². The third-order valence-corrected chi connectivity index (χ3v) is 3.47. The van der Waals surface area contributed by atoms with E-state index in [4.69, 9.17) is 5.11 Å². The van der Waals surface area contributed by atoms with Crippen LogP contribution in [0.2, 0.25) is 0 Å². The number of carboxylic acids is 1. The highest BCUT2D eigenvalue weighted by molar-refractivity contribution is 5.94. The monoisotopic (exact) mass is 234 g/mol. The number of nitrogens with zero attached hydrogens (tertiary/aromatic N) is 2. The summed E-state index contributed by atoms with van der Waals surface area (Å²) in [6.45, 7) is 4.10. The average Bonchev–Trinajstić information content (AvgIpc) is 2.39. The van der Waals surface area contributed by atoms with Crippen molar-refractivity contribution in [2.75, 3.05) is 18.0 Å². The van der Waals surface area contributed by atoms with E-state index in [0.29, 0.717) is 11.5 Å². The smallest absolute Gasteiger partial charge is 0.339 e. The molecule has 1 aliphatic rings. The molecule has 0 amide bonds. The Bertz CT molecular complexity index is 406. The molecule has 1 atom stereocenters. The van der Waals surface area contributed by atoms with Crippen LogP contribution >= 0.6 is 0 Å². The molecule has 2 rings (SSSR count). The normalized spacial score (nSPS) is 20.3. The van der Waals surface area contributed by atoms with Crippen molar-refractivity contribution in [2.24, 2.45) is 5.92 Å². The third-order valence-electron chi connectivity index (χ3n) is 3.47. The molecule has 1 aromatic rings. The van der Waals surface area contributed by atoms with Gasteiger partial charge in [-0.2, -0.15) is 0 Å². The standard InChI is InChI=1S/C13H18N2O2/c1-2-10-4-3-7-15(9-10)12-5-6-14-8-11(12)13(16)17/h5-6,8,10H,2-4,7,9H2,1H3,(H,16,17). The second-order valence-electron chi connectivity index (χ2n) is 4.56. The van der Waals surface area contributed by atoms with E-state index in [9.17, 15) is 4.79 Å². The number of carbonyl (C=O) groups is 1. The van der Waals surface area contributed by atoms with Crippen LogP contribution in [0.1, 0.15) is 36.5 Å². The molecule has 4 heteroatoms. The number of hydrogen-bond donors (Lipinski definition) is 1. The van der Waals surface area contributed by atoms with Gasteiger partial charge in [-0.15, -0.1) is 0 Å². The number of rotatable bonds is 3. The van der Waals surface area contributed by atoms with Gasteiger partial charge in [0.1, 0.15) is 5.56 Å². The van der Waals surface area contributed by atoms with Crippen LogP contribution in [0.4, 0.5) is 5.69 Å². The zero-order chi connectivity index (χ0) is 12.3. The molecule has 2 heterocycles. The summed E-state index contributed by atoms with van der Waals surface area (Å²) in [6.07, 6.45) is 6.65.